The van der Waals surface area contributed by atoms with Crippen LogP contribution in [0.25, 0.3) is 0 Å². The number of benzene rings is 2. The number of piperidine rings is 1. The Morgan fingerprint density at radius 2 is 1.76 bits per heavy atom. The topological polar surface area (TPSA) is 50.3 Å². The van der Waals surface area contributed by atoms with E-state index in [4.69, 9.17) is 0 Å². The highest BCUT2D eigenvalue weighted by atomic mass is 32.2. The van der Waals surface area contributed by atoms with Gasteiger partial charge in [0.15, 0.2) is 26.6 Å². The van der Waals surface area contributed by atoms with Crippen molar-refractivity contribution < 1.29 is 30.4 Å². The minimum absolute atomic E-state index is 0.261. The highest BCUT2D eigenvalue weighted by Gasteiger charge is 2.35. The van der Waals surface area contributed by atoms with Gasteiger partial charge in [-0.25, -0.2) is 22.2 Å². The van der Waals surface area contributed by atoms with E-state index in [0.29, 0.717) is 42.0 Å². The number of rotatable bonds is 5. The molecule has 0 bridgehead atoms. The number of aromatic nitrogens is 1. The molecular formula is C22H19F5N2O2S2. The predicted octanol–water partition coefficient (Wildman–Crippen LogP) is 5.47. The van der Waals surface area contributed by atoms with Crippen molar-refractivity contribution >= 4 is 26.3 Å². The molecule has 0 N–H and O–H groups in total. The SMILES string of the molecule is O=S(=O)(c1cccc(C(F)(F)F)c1)C1CCN(c2nc(Cc3ccc(F)c(F)c3)cs2)CC1. The Balaban J connectivity index is 1.41. The van der Waals surface area contributed by atoms with Gasteiger partial charge in [0.05, 0.1) is 21.4 Å². The molecule has 176 valence electrons. The molecule has 4 rings (SSSR count). The second-order valence-electron chi connectivity index (χ2n) is 7.80. The Kier molecular flexibility index (Phi) is 6.45. The smallest absolute Gasteiger partial charge is 0.348 e. The van der Waals surface area contributed by atoms with Gasteiger partial charge in [-0.2, -0.15) is 13.2 Å². The number of nitrogens with zero attached hydrogens (tertiary/aromatic N) is 2. The van der Waals surface area contributed by atoms with Gasteiger partial charge in [-0.1, -0.05) is 12.1 Å². The van der Waals surface area contributed by atoms with Gasteiger partial charge in [0.25, 0.3) is 0 Å². The summed E-state index contributed by atoms with van der Waals surface area (Å²) in [5.74, 6) is -1.84. The molecule has 11 heteroatoms. The summed E-state index contributed by atoms with van der Waals surface area (Å²) in [6.45, 7) is 0.780. The van der Waals surface area contributed by atoms with Crippen molar-refractivity contribution in [2.24, 2.45) is 0 Å². The van der Waals surface area contributed by atoms with Crippen molar-refractivity contribution in [1.82, 2.24) is 4.98 Å². The number of sulfone groups is 1. The van der Waals surface area contributed by atoms with E-state index in [2.05, 4.69) is 4.98 Å². The van der Waals surface area contributed by atoms with Gasteiger partial charge < -0.3 is 4.90 Å². The van der Waals surface area contributed by atoms with Crippen molar-refractivity contribution in [3.8, 4) is 0 Å². The summed E-state index contributed by atoms with van der Waals surface area (Å²) in [6, 6.07) is 7.51. The van der Waals surface area contributed by atoms with Crippen LogP contribution in [0.15, 0.2) is 52.7 Å². The molecule has 1 aliphatic heterocycles. The quantitative estimate of drug-likeness (QED) is 0.434. The first-order valence-electron chi connectivity index (χ1n) is 10.1. The standard InChI is InChI=1S/C22H19F5N2O2S2/c23-19-5-4-14(11-20(19)24)10-16-13-32-21(28-16)29-8-6-17(7-9-29)33(30,31)18-3-1-2-15(12-18)22(25,26)27/h1-5,11-13,17H,6-10H2. The van der Waals surface area contributed by atoms with Crippen molar-refractivity contribution in [2.75, 3.05) is 18.0 Å². The van der Waals surface area contributed by atoms with Gasteiger partial charge >= 0.3 is 6.18 Å². The first kappa shape index (κ1) is 23.6. The van der Waals surface area contributed by atoms with Crippen LogP contribution in [0.1, 0.15) is 29.7 Å². The number of halogens is 5. The van der Waals surface area contributed by atoms with Crippen LogP contribution in [0.4, 0.5) is 27.1 Å². The zero-order chi connectivity index (χ0) is 23.8. The van der Waals surface area contributed by atoms with Crippen LogP contribution in [0.2, 0.25) is 0 Å². The lowest BCUT2D eigenvalue weighted by Crippen LogP contribution is -2.39. The number of hydrogen-bond acceptors (Lipinski definition) is 5. The number of anilines is 1. The van der Waals surface area contributed by atoms with E-state index in [1.165, 1.54) is 23.5 Å². The van der Waals surface area contributed by atoms with Crippen molar-refractivity contribution in [3.05, 3.63) is 76.3 Å². The number of alkyl halides is 3. The van der Waals surface area contributed by atoms with E-state index in [1.807, 2.05) is 10.3 Å². The zero-order valence-corrected chi connectivity index (χ0v) is 18.8. The fourth-order valence-corrected chi connectivity index (χ4v) is 6.44. The lowest BCUT2D eigenvalue weighted by Gasteiger charge is -2.31. The molecule has 2 aromatic carbocycles. The molecule has 1 aliphatic rings. The lowest BCUT2D eigenvalue weighted by atomic mass is 10.1. The second kappa shape index (κ2) is 9.02. The van der Waals surface area contributed by atoms with Gasteiger partial charge in [0.1, 0.15) is 0 Å². The van der Waals surface area contributed by atoms with E-state index in [-0.39, 0.29) is 17.7 Å². The molecule has 0 aliphatic carbocycles. The molecule has 1 fully saturated rings. The largest absolute Gasteiger partial charge is 0.416 e. The van der Waals surface area contributed by atoms with Crippen molar-refractivity contribution in [1.29, 1.82) is 0 Å². The highest BCUT2D eigenvalue weighted by Crippen LogP contribution is 2.33. The second-order valence-corrected chi connectivity index (χ2v) is 10.9. The molecule has 3 aromatic rings. The maximum Gasteiger partial charge on any atom is 0.416 e. The average molecular weight is 503 g/mol. The van der Waals surface area contributed by atoms with E-state index in [1.54, 1.807) is 0 Å². The molecule has 0 spiro atoms. The van der Waals surface area contributed by atoms with E-state index in [9.17, 15) is 30.4 Å². The molecule has 0 saturated carbocycles. The van der Waals surface area contributed by atoms with E-state index in [0.717, 1.165) is 24.3 Å². The molecule has 0 atom stereocenters. The molecule has 2 heterocycles. The zero-order valence-electron chi connectivity index (χ0n) is 17.1. The molecule has 0 radical (unpaired) electrons. The third-order valence-corrected chi connectivity index (χ3v) is 8.76. The van der Waals surface area contributed by atoms with Crippen LogP contribution in [0, 0.1) is 11.6 Å². The normalized spacial score (nSPS) is 15.7. The summed E-state index contributed by atoms with van der Waals surface area (Å²) in [5, 5.41) is 1.71. The average Bonchev–Trinajstić information content (AvgIpc) is 3.24. The number of hydrogen-bond donors (Lipinski definition) is 0. The van der Waals surface area contributed by atoms with Gasteiger partial charge in [-0.05, 0) is 48.7 Å². The van der Waals surface area contributed by atoms with Gasteiger partial charge in [0.2, 0.25) is 0 Å². The Labute approximate surface area is 191 Å². The van der Waals surface area contributed by atoms with Crippen LogP contribution in [-0.4, -0.2) is 31.7 Å². The summed E-state index contributed by atoms with van der Waals surface area (Å²) >= 11 is 1.36. The number of thiazole rings is 1. The first-order valence-corrected chi connectivity index (χ1v) is 12.5. The summed E-state index contributed by atoms with van der Waals surface area (Å²) < 4.78 is 91.2. The predicted molar refractivity (Wildman–Crippen MR) is 115 cm³/mol. The first-order chi connectivity index (χ1) is 15.5. The maximum atomic E-state index is 13.4. The van der Waals surface area contributed by atoms with Crippen molar-refractivity contribution in [3.63, 3.8) is 0 Å². The Hall–Kier alpha value is -2.53. The highest BCUT2D eigenvalue weighted by molar-refractivity contribution is 7.92. The van der Waals surface area contributed by atoms with Crippen LogP contribution in [0.3, 0.4) is 0 Å². The van der Waals surface area contributed by atoms with E-state index >= 15 is 0 Å². The van der Waals surface area contributed by atoms with Crippen LogP contribution >= 0.6 is 11.3 Å². The Morgan fingerprint density at radius 1 is 1.03 bits per heavy atom. The molecule has 1 saturated heterocycles. The lowest BCUT2D eigenvalue weighted by molar-refractivity contribution is -0.137. The molecular weight excluding hydrogens is 483 g/mol. The van der Waals surface area contributed by atoms with Crippen LogP contribution in [0.5, 0.6) is 0 Å². The molecule has 33 heavy (non-hydrogen) atoms. The fourth-order valence-electron chi connectivity index (χ4n) is 3.78. The van der Waals surface area contributed by atoms with Gasteiger partial charge in [-0.3, -0.25) is 0 Å². The van der Waals surface area contributed by atoms with Gasteiger partial charge in [0, 0.05) is 24.9 Å². The summed E-state index contributed by atoms with van der Waals surface area (Å²) in [4.78, 5) is 6.13. The van der Waals surface area contributed by atoms with Crippen LogP contribution < -0.4 is 4.90 Å². The summed E-state index contributed by atoms with van der Waals surface area (Å²) in [6.07, 6.45) is -3.77. The molecule has 4 nitrogen and oxygen atoms in total. The monoisotopic (exact) mass is 502 g/mol. The maximum absolute atomic E-state index is 13.4. The van der Waals surface area contributed by atoms with Gasteiger partial charge in [-0.15, -0.1) is 11.3 Å². The summed E-state index contributed by atoms with van der Waals surface area (Å²) in [5.41, 5.74) is 0.272. The minimum Gasteiger partial charge on any atom is -0.348 e. The Bertz CT molecular complexity index is 1250. The third-order valence-electron chi connectivity index (χ3n) is 5.55. The molecule has 1 aromatic heterocycles. The Morgan fingerprint density at radius 3 is 2.42 bits per heavy atom. The third kappa shape index (κ3) is 5.19. The minimum atomic E-state index is -4.61. The fraction of sp³-hybridized carbons (Fsp3) is 0.318. The molecule has 0 amide bonds. The summed E-state index contributed by atoms with van der Waals surface area (Å²) in [7, 11) is -3.90. The molecule has 0 unspecified atom stereocenters. The van der Waals surface area contributed by atoms with Crippen molar-refractivity contribution in [2.45, 2.75) is 35.6 Å². The van der Waals surface area contributed by atoms with E-state index < -0.39 is 38.5 Å². The van der Waals surface area contributed by atoms with Crippen LogP contribution in [-0.2, 0) is 22.4 Å².